The molecule has 2 aromatic heterocycles. The number of ether oxygens (including phenoxy) is 1. The maximum Gasteiger partial charge on any atom is 0.338 e. The van der Waals surface area contributed by atoms with Crippen LogP contribution in [0.3, 0.4) is 0 Å². The fourth-order valence-electron chi connectivity index (χ4n) is 2.67. The van der Waals surface area contributed by atoms with Crippen LogP contribution >= 0.6 is 0 Å². The number of esters is 1. The van der Waals surface area contributed by atoms with E-state index in [1.165, 1.54) is 6.33 Å². The number of para-hydroxylation sites is 1. The number of aromatic nitrogens is 5. The van der Waals surface area contributed by atoms with Crippen molar-refractivity contribution >= 4 is 16.9 Å². The summed E-state index contributed by atoms with van der Waals surface area (Å²) in [5.41, 5.74) is 1.70. The lowest BCUT2D eigenvalue weighted by molar-refractivity contribution is 0.0462. The molecule has 0 aliphatic rings. The Morgan fingerprint density at radius 1 is 1.11 bits per heavy atom. The number of fused-ring (bicyclic) bond motifs is 1. The number of nitrogens with zero attached hydrogens (tertiary/aromatic N) is 4. The van der Waals surface area contributed by atoms with Gasteiger partial charge in [0.1, 0.15) is 25.1 Å². The molecule has 2 aromatic carbocycles. The molecule has 0 bridgehead atoms. The molecule has 134 valence electrons. The van der Waals surface area contributed by atoms with Gasteiger partial charge in [-0.15, -0.1) is 0 Å². The summed E-state index contributed by atoms with van der Waals surface area (Å²) in [5, 5.41) is 4.53. The molecule has 8 nitrogen and oxygen atoms in total. The fraction of sp³-hybridized carbons (Fsp3) is 0.105. The molecular formula is C19H15N5O3. The number of nitrogens with one attached hydrogen (secondary N) is 1. The second kappa shape index (κ2) is 7.20. The Morgan fingerprint density at radius 3 is 2.70 bits per heavy atom. The van der Waals surface area contributed by atoms with Crippen molar-refractivity contribution in [1.29, 1.82) is 0 Å². The Bertz CT molecular complexity index is 1130. The molecule has 0 radical (unpaired) electrons. The molecule has 4 aromatic rings. The number of rotatable bonds is 5. The van der Waals surface area contributed by atoms with E-state index in [9.17, 15) is 9.59 Å². The largest absolute Gasteiger partial charge is 0.454 e. The normalized spacial score (nSPS) is 10.8. The quantitative estimate of drug-likeness (QED) is 0.545. The summed E-state index contributed by atoms with van der Waals surface area (Å²) in [6, 6.07) is 14.0. The lowest BCUT2D eigenvalue weighted by Crippen LogP contribution is -2.14. The molecule has 2 heterocycles. The molecule has 1 N–H and O–H groups in total. The highest BCUT2D eigenvalue weighted by atomic mass is 16.5. The molecule has 0 spiro atoms. The topological polar surface area (TPSA) is 103 Å². The highest BCUT2D eigenvalue weighted by Crippen LogP contribution is 2.10. The van der Waals surface area contributed by atoms with Gasteiger partial charge in [-0.25, -0.2) is 19.4 Å². The molecule has 0 aliphatic heterocycles. The van der Waals surface area contributed by atoms with E-state index in [0.29, 0.717) is 28.8 Å². The van der Waals surface area contributed by atoms with Gasteiger partial charge in [0.2, 0.25) is 0 Å². The number of hydrogen-bond donors (Lipinski definition) is 1. The number of carbonyl (C=O) groups excluding carboxylic acids is 1. The van der Waals surface area contributed by atoms with Gasteiger partial charge >= 0.3 is 5.97 Å². The molecule has 0 aliphatic carbocycles. The van der Waals surface area contributed by atoms with Gasteiger partial charge in [0.25, 0.3) is 5.56 Å². The number of H-pyrrole nitrogens is 1. The molecule has 27 heavy (non-hydrogen) atoms. The Morgan fingerprint density at radius 2 is 1.93 bits per heavy atom. The van der Waals surface area contributed by atoms with Gasteiger partial charge in [-0.05, 0) is 29.8 Å². The average Bonchev–Trinajstić information content (AvgIpc) is 3.20. The van der Waals surface area contributed by atoms with Crippen LogP contribution < -0.4 is 5.56 Å². The van der Waals surface area contributed by atoms with E-state index in [4.69, 9.17) is 4.74 Å². The molecule has 0 fully saturated rings. The maximum atomic E-state index is 12.2. The van der Waals surface area contributed by atoms with Crippen molar-refractivity contribution in [2.45, 2.75) is 13.2 Å². The van der Waals surface area contributed by atoms with Gasteiger partial charge in [0.05, 0.1) is 23.0 Å². The Labute approximate surface area is 153 Å². The molecule has 8 heteroatoms. The number of benzene rings is 2. The van der Waals surface area contributed by atoms with Crippen molar-refractivity contribution in [3.8, 4) is 0 Å². The minimum absolute atomic E-state index is 0.111. The van der Waals surface area contributed by atoms with Gasteiger partial charge in [-0.3, -0.25) is 4.79 Å². The van der Waals surface area contributed by atoms with Crippen molar-refractivity contribution < 1.29 is 9.53 Å². The van der Waals surface area contributed by atoms with Crippen LogP contribution in [0, 0.1) is 0 Å². The minimum atomic E-state index is -0.488. The zero-order chi connectivity index (χ0) is 18.6. The molecule has 0 atom stereocenters. The van der Waals surface area contributed by atoms with Crippen molar-refractivity contribution in [2.24, 2.45) is 0 Å². The third kappa shape index (κ3) is 3.74. The predicted molar refractivity (Wildman–Crippen MR) is 97.0 cm³/mol. The van der Waals surface area contributed by atoms with E-state index in [1.807, 2.05) is 12.1 Å². The number of hydrogen-bond acceptors (Lipinski definition) is 6. The summed E-state index contributed by atoms with van der Waals surface area (Å²) >= 11 is 0. The van der Waals surface area contributed by atoms with E-state index in [1.54, 1.807) is 47.4 Å². The first-order valence-electron chi connectivity index (χ1n) is 8.25. The van der Waals surface area contributed by atoms with Crippen LogP contribution in [0.4, 0.5) is 0 Å². The van der Waals surface area contributed by atoms with Crippen LogP contribution in [0.25, 0.3) is 10.9 Å². The van der Waals surface area contributed by atoms with Gasteiger partial charge < -0.3 is 9.72 Å². The van der Waals surface area contributed by atoms with E-state index in [2.05, 4.69) is 20.1 Å². The summed E-state index contributed by atoms with van der Waals surface area (Å²) in [7, 11) is 0. The molecular weight excluding hydrogens is 346 g/mol. The lowest BCUT2D eigenvalue weighted by atomic mass is 10.1. The average molecular weight is 361 g/mol. The molecule has 0 saturated carbocycles. The van der Waals surface area contributed by atoms with Gasteiger partial charge in [-0.1, -0.05) is 24.3 Å². The SMILES string of the molecule is O=C(OCc1nc2ccccc2c(=O)[nH]1)c1ccc(Cn2cncn2)cc1. The van der Waals surface area contributed by atoms with Crippen LogP contribution in [-0.2, 0) is 17.9 Å². The summed E-state index contributed by atoms with van der Waals surface area (Å²) in [5.74, 6) is -0.187. The van der Waals surface area contributed by atoms with E-state index >= 15 is 0 Å². The predicted octanol–water partition coefficient (Wildman–Crippen LogP) is 1.92. The molecule has 4 rings (SSSR count). The van der Waals surface area contributed by atoms with Crippen LogP contribution in [0.15, 0.2) is 66.0 Å². The Balaban J connectivity index is 1.42. The monoisotopic (exact) mass is 361 g/mol. The Hall–Kier alpha value is -3.81. The van der Waals surface area contributed by atoms with Gasteiger partial charge in [-0.2, -0.15) is 5.10 Å². The van der Waals surface area contributed by atoms with E-state index in [0.717, 1.165) is 5.56 Å². The van der Waals surface area contributed by atoms with Crippen LogP contribution in [-0.4, -0.2) is 30.7 Å². The van der Waals surface area contributed by atoms with Crippen LogP contribution in [0.1, 0.15) is 21.7 Å². The van der Waals surface area contributed by atoms with E-state index in [-0.39, 0.29) is 12.2 Å². The van der Waals surface area contributed by atoms with Gasteiger partial charge in [0, 0.05) is 0 Å². The second-order valence-electron chi connectivity index (χ2n) is 5.90. The molecule has 0 unspecified atom stereocenters. The first kappa shape index (κ1) is 16.6. The maximum absolute atomic E-state index is 12.2. The minimum Gasteiger partial charge on any atom is -0.454 e. The third-order valence-corrected chi connectivity index (χ3v) is 4.00. The van der Waals surface area contributed by atoms with Gasteiger partial charge in [0.15, 0.2) is 0 Å². The number of aromatic amines is 1. The van der Waals surface area contributed by atoms with Crippen molar-refractivity contribution in [2.75, 3.05) is 0 Å². The van der Waals surface area contributed by atoms with E-state index < -0.39 is 5.97 Å². The summed E-state index contributed by atoms with van der Waals surface area (Å²) < 4.78 is 6.95. The zero-order valence-corrected chi connectivity index (χ0v) is 14.2. The Kier molecular flexibility index (Phi) is 4.44. The van der Waals surface area contributed by atoms with Crippen LogP contribution in [0.5, 0.6) is 0 Å². The summed E-state index contributed by atoms with van der Waals surface area (Å²) in [6.07, 6.45) is 3.09. The lowest BCUT2D eigenvalue weighted by Gasteiger charge is -2.06. The highest BCUT2D eigenvalue weighted by Gasteiger charge is 2.10. The van der Waals surface area contributed by atoms with Crippen LogP contribution in [0.2, 0.25) is 0 Å². The van der Waals surface area contributed by atoms with Crippen molar-refractivity contribution in [1.82, 2.24) is 24.7 Å². The number of carbonyl (C=O) groups is 1. The summed E-state index contributed by atoms with van der Waals surface area (Å²) in [6.45, 7) is 0.456. The first-order chi connectivity index (χ1) is 13.2. The third-order valence-electron chi connectivity index (χ3n) is 4.00. The van der Waals surface area contributed by atoms with Crippen molar-refractivity contribution in [3.63, 3.8) is 0 Å². The standard InChI is InChI=1S/C19H15N5O3/c25-18-15-3-1-2-4-16(15)22-17(23-18)10-27-19(26)14-7-5-13(6-8-14)9-24-12-20-11-21-24/h1-8,11-12H,9-10H2,(H,22,23,25). The first-order valence-corrected chi connectivity index (χ1v) is 8.25. The molecule has 0 saturated heterocycles. The van der Waals surface area contributed by atoms with Crippen molar-refractivity contribution in [3.05, 3.63) is 88.5 Å². The summed E-state index contributed by atoms with van der Waals surface area (Å²) in [4.78, 5) is 35.1. The highest BCUT2D eigenvalue weighted by molar-refractivity contribution is 5.89. The molecule has 0 amide bonds. The second-order valence-corrected chi connectivity index (χ2v) is 5.90. The zero-order valence-electron chi connectivity index (χ0n) is 14.2. The smallest absolute Gasteiger partial charge is 0.338 e. The fourth-order valence-corrected chi connectivity index (χ4v) is 2.67.